The SMILES string of the molecule is CC(C)(C)C1CCC(Nc2ccc3ncsc3c2)CC1. The molecule has 2 nitrogen and oxygen atoms in total. The highest BCUT2D eigenvalue weighted by Crippen LogP contribution is 2.38. The fourth-order valence-electron chi connectivity index (χ4n) is 3.28. The number of nitrogens with one attached hydrogen (secondary N) is 1. The van der Waals surface area contributed by atoms with Gasteiger partial charge < -0.3 is 5.32 Å². The molecule has 108 valence electrons. The quantitative estimate of drug-likeness (QED) is 0.809. The summed E-state index contributed by atoms with van der Waals surface area (Å²) in [7, 11) is 0. The lowest BCUT2D eigenvalue weighted by molar-refractivity contribution is 0.173. The maximum Gasteiger partial charge on any atom is 0.0813 e. The van der Waals surface area contributed by atoms with E-state index < -0.39 is 0 Å². The van der Waals surface area contributed by atoms with Crippen molar-refractivity contribution in [2.45, 2.75) is 52.5 Å². The molecular weight excluding hydrogens is 264 g/mol. The minimum Gasteiger partial charge on any atom is -0.382 e. The zero-order valence-corrected chi connectivity index (χ0v) is 13.5. The second-order valence-electron chi connectivity index (χ2n) is 7.09. The second kappa shape index (κ2) is 5.36. The summed E-state index contributed by atoms with van der Waals surface area (Å²) in [4.78, 5) is 4.33. The molecule has 0 amide bonds. The fraction of sp³-hybridized carbons (Fsp3) is 0.588. The maximum atomic E-state index is 4.33. The van der Waals surface area contributed by atoms with Crippen LogP contribution in [0, 0.1) is 11.3 Å². The smallest absolute Gasteiger partial charge is 0.0813 e. The van der Waals surface area contributed by atoms with Crippen molar-refractivity contribution in [3.63, 3.8) is 0 Å². The largest absolute Gasteiger partial charge is 0.382 e. The van der Waals surface area contributed by atoms with Crippen LogP contribution in [0.3, 0.4) is 0 Å². The summed E-state index contributed by atoms with van der Waals surface area (Å²) in [5.41, 5.74) is 4.74. The molecule has 0 unspecified atom stereocenters. The minimum atomic E-state index is 0.465. The summed E-state index contributed by atoms with van der Waals surface area (Å²) in [6.07, 6.45) is 5.29. The van der Waals surface area contributed by atoms with E-state index in [1.807, 2.05) is 5.51 Å². The van der Waals surface area contributed by atoms with Gasteiger partial charge in [-0.25, -0.2) is 4.98 Å². The van der Waals surface area contributed by atoms with E-state index in [0.29, 0.717) is 11.5 Å². The predicted octanol–water partition coefficient (Wildman–Crippen LogP) is 5.31. The van der Waals surface area contributed by atoms with E-state index in [9.17, 15) is 0 Å². The Morgan fingerprint density at radius 3 is 2.60 bits per heavy atom. The van der Waals surface area contributed by atoms with Crippen molar-refractivity contribution in [3.05, 3.63) is 23.7 Å². The number of benzene rings is 1. The summed E-state index contributed by atoms with van der Waals surface area (Å²) in [5.74, 6) is 0.879. The highest BCUT2D eigenvalue weighted by atomic mass is 32.1. The van der Waals surface area contributed by atoms with Crippen molar-refractivity contribution in [2.75, 3.05) is 5.32 Å². The number of anilines is 1. The Bertz CT molecular complexity index is 574. The third-order valence-corrected chi connectivity index (χ3v) is 5.45. The number of hydrogen-bond acceptors (Lipinski definition) is 3. The Morgan fingerprint density at radius 1 is 1.15 bits per heavy atom. The first-order valence-corrected chi connectivity index (χ1v) is 8.50. The Balaban J connectivity index is 1.62. The molecule has 2 aromatic rings. The maximum absolute atomic E-state index is 4.33. The molecule has 0 spiro atoms. The van der Waals surface area contributed by atoms with Crippen LogP contribution in [0.25, 0.3) is 10.2 Å². The Kier molecular flexibility index (Phi) is 3.72. The molecule has 1 aromatic heterocycles. The zero-order chi connectivity index (χ0) is 14.2. The standard InChI is InChI=1S/C17H24N2S/c1-17(2,3)12-4-6-13(7-5-12)19-14-8-9-15-16(10-14)20-11-18-15/h8-13,19H,4-7H2,1-3H3. The lowest BCUT2D eigenvalue weighted by Crippen LogP contribution is -2.31. The number of nitrogens with zero attached hydrogens (tertiary/aromatic N) is 1. The van der Waals surface area contributed by atoms with Gasteiger partial charge in [-0.15, -0.1) is 11.3 Å². The van der Waals surface area contributed by atoms with Gasteiger partial charge in [0.2, 0.25) is 0 Å². The molecule has 0 saturated heterocycles. The molecule has 1 aromatic carbocycles. The molecule has 0 atom stereocenters. The number of rotatable bonds is 2. The minimum absolute atomic E-state index is 0.465. The first-order valence-electron chi connectivity index (χ1n) is 7.62. The average molecular weight is 288 g/mol. The predicted molar refractivity (Wildman–Crippen MR) is 88.4 cm³/mol. The Labute approximate surface area is 125 Å². The van der Waals surface area contributed by atoms with Gasteiger partial charge in [0, 0.05) is 11.7 Å². The number of hydrogen-bond donors (Lipinski definition) is 1. The molecule has 1 heterocycles. The van der Waals surface area contributed by atoms with E-state index >= 15 is 0 Å². The molecule has 1 aliphatic rings. The molecule has 3 heteroatoms. The zero-order valence-electron chi connectivity index (χ0n) is 12.6. The van der Waals surface area contributed by atoms with Gasteiger partial charge in [0.1, 0.15) is 0 Å². The van der Waals surface area contributed by atoms with Crippen molar-refractivity contribution in [2.24, 2.45) is 11.3 Å². The monoisotopic (exact) mass is 288 g/mol. The summed E-state index contributed by atoms with van der Waals surface area (Å²) in [6.45, 7) is 7.13. The van der Waals surface area contributed by atoms with Crippen LogP contribution in [0.2, 0.25) is 0 Å². The van der Waals surface area contributed by atoms with Crippen LogP contribution in [0.1, 0.15) is 46.5 Å². The van der Waals surface area contributed by atoms with Gasteiger partial charge in [-0.1, -0.05) is 20.8 Å². The molecular formula is C17H24N2S. The van der Waals surface area contributed by atoms with E-state index in [0.717, 1.165) is 11.4 Å². The van der Waals surface area contributed by atoms with Crippen LogP contribution < -0.4 is 5.32 Å². The van der Waals surface area contributed by atoms with Crippen molar-refractivity contribution >= 4 is 27.2 Å². The van der Waals surface area contributed by atoms with E-state index in [1.54, 1.807) is 11.3 Å². The Morgan fingerprint density at radius 2 is 1.90 bits per heavy atom. The van der Waals surface area contributed by atoms with Crippen molar-refractivity contribution in [3.8, 4) is 0 Å². The van der Waals surface area contributed by atoms with Crippen LogP contribution >= 0.6 is 11.3 Å². The fourth-order valence-corrected chi connectivity index (χ4v) is 4.00. The van der Waals surface area contributed by atoms with E-state index in [2.05, 4.69) is 49.3 Å². The molecule has 0 radical (unpaired) electrons. The second-order valence-corrected chi connectivity index (χ2v) is 7.98. The van der Waals surface area contributed by atoms with E-state index in [4.69, 9.17) is 0 Å². The number of aromatic nitrogens is 1. The van der Waals surface area contributed by atoms with Gasteiger partial charge in [-0.05, 0) is 55.2 Å². The van der Waals surface area contributed by atoms with Crippen molar-refractivity contribution in [1.29, 1.82) is 0 Å². The van der Waals surface area contributed by atoms with Crippen molar-refractivity contribution < 1.29 is 0 Å². The van der Waals surface area contributed by atoms with Gasteiger partial charge in [0.25, 0.3) is 0 Å². The molecule has 3 rings (SSSR count). The molecule has 1 saturated carbocycles. The molecule has 0 aliphatic heterocycles. The highest BCUT2D eigenvalue weighted by molar-refractivity contribution is 7.16. The number of fused-ring (bicyclic) bond motifs is 1. The summed E-state index contributed by atoms with van der Waals surface area (Å²) < 4.78 is 1.28. The molecule has 0 bridgehead atoms. The highest BCUT2D eigenvalue weighted by Gasteiger charge is 2.29. The van der Waals surface area contributed by atoms with Crippen LogP contribution in [0.5, 0.6) is 0 Å². The van der Waals surface area contributed by atoms with E-state index in [1.165, 1.54) is 36.1 Å². The first kappa shape index (κ1) is 13.9. The van der Waals surface area contributed by atoms with Crippen molar-refractivity contribution in [1.82, 2.24) is 4.98 Å². The normalized spacial score (nSPS) is 23.9. The van der Waals surface area contributed by atoms with Crippen LogP contribution in [-0.2, 0) is 0 Å². The van der Waals surface area contributed by atoms with Gasteiger partial charge in [0.15, 0.2) is 0 Å². The molecule has 20 heavy (non-hydrogen) atoms. The lowest BCUT2D eigenvalue weighted by Gasteiger charge is -2.37. The van der Waals surface area contributed by atoms with Crippen LogP contribution in [0.15, 0.2) is 23.7 Å². The number of thiazole rings is 1. The average Bonchev–Trinajstić information content (AvgIpc) is 2.86. The van der Waals surface area contributed by atoms with Gasteiger partial charge in [-0.3, -0.25) is 0 Å². The molecule has 1 fully saturated rings. The van der Waals surface area contributed by atoms with Gasteiger partial charge in [0.05, 0.1) is 15.7 Å². The third kappa shape index (κ3) is 2.98. The topological polar surface area (TPSA) is 24.9 Å². The van der Waals surface area contributed by atoms with Crippen LogP contribution in [-0.4, -0.2) is 11.0 Å². The molecule has 1 aliphatic carbocycles. The third-order valence-electron chi connectivity index (χ3n) is 4.65. The Hall–Kier alpha value is -1.09. The van der Waals surface area contributed by atoms with Crippen LogP contribution in [0.4, 0.5) is 5.69 Å². The summed E-state index contributed by atoms with van der Waals surface area (Å²) >= 11 is 1.72. The van der Waals surface area contributed by atoms with Gasteiger partial charge in [-0.2, -0.15) is 0 Å². The summed E-state index contributed by atoms with van der Waals surface area (Å²) in [6, 6.07) is 7.16. The lowest BCUT2D eigenvalue weighted by atomic mass is 9.71. The molecule has 1 N–H and O–H groups in total. The first-order chi connectivity index (χ1) is 9.52. The summed E-state index contributed by atoms with van der Waals surface area (Å²) in [5, 5.41) is 3.71. The van der Waals surface area contributed by atoms with Gasteiger partial charge >= 0.3 is 0 Å². The van der Waals surface area contributed by atoms with E-state index in [-0.39, 0.29) is 0 Å².